The Morgan fingerprint density at radius 1 is 0.868 bits per heavy atom. The number of carbonyl (C=O) groups excluding carboxylic acids is 2. The Bertz CT molecular complexity index is 1410. The van der Waals surface area contributed by atoms with E-state index in [4.69, 9.17) is 52.4 Å². The number of ether oxygens (including phenoxy) is 4. The highest BCUT2D eigenvalue weighted by atomic mass is 35.5. The summed E-state index contributed by atoms with van der Waals surface area (Å²) in [5, 5.41) is 14.1. The lowest BCUT2D eigenvalue weighted by molar-refractivity contribution is -0.176. The van der Waals surface area contributed by atoms with Gasteiger partial charge in [-0.1, -0.05) is 35.3 Å². The Balaban J connectivity index is 1.35. The van der Waals surface area contributed by atoms with Gasteiger partial charge in [-0.15, -0.1) is 0 Å². The van der Waals surface area contributed by atoms with Gasteiger partial charge in [0, 0.05) is 27.6 Å². The van der Waals surface area contributed by atoms with Crippen molar-refractivity contribution in [1.29, 1.82) is 0 Å². The number of benzene rings is 2. The van der Waals surface area contributed by atoms with Crippen LogP contribution in [0.5, 0.6) is 0 Å². The molecule has 0 aromatic heterocycles. The molecule has 2 aromatic carbocycles. The number of rotatable bonds is 4. The molecule has 2 atom stereocenters. The number of halogens is 2. The quantitative estimate of drug-likeness (QED) is 0.528. The molecule has 0 bridgehead atoms. The predicted octanol–water partition coefficient (Wildman–Crippen LogP) is 2.96. The van der Waals surface area contributed by atoms with Crippen molar-refractivity contribution < 1.29 is 28.5 Å². The number of carbonyl (C=O) groups is 2. The van der Waals surface area contributed by atoms with Crippen LogP contribution in [-0.2, 0) is 41.4 Å². The Morgan fingerprint density at radius 2 is 1.39 bits per heavy atom. The molecule has 0 saturated heterocycles. The van der Waals surface area contributed by atoms with Gasteiger partial charge in [-0.2, -0.15) is 10.2 Å². The van der Waals surface area contributed by atoms with Crippen LogP contribution in [0.3, 0.4) is 0 Å². The van der Waals surface area contributed by atoms with Crippen molar-refractivity contribution in [3.05, 3.63) is 68.7 Å². The van der Waals surface area contributed by atoms with E-state index in [1.807, 2.05) is 18.2 Å². The SMILES string of the molecule is COC(=O)C12CCc3cc(Cl)ccc3C1=NN(CN1COC3(C(=O)OC)Cc4cc(Cl)ccc4C3=N1)CO2. The first-order valence-corrected chi connectivity index (χ1v) is 12.8. The summed E-state index contributed by atoms with van der Waals surface area (Å²) < 4.78 is 22.5. The zero-order valence-corrected chi connectivity index (χ0v) is 22.2. The number of aryl methyl sites for hydroxylation is 1. The molecule has 2 unspecified atom stereocenters. The molecule has 4 aliphatic rings. The summed E-state index contributed by atoms with van der Waals surface area (Å²) in [6.07, 6.45) is 1.25. The van der Waals surface area contributed by atoms with E-state index in [0.717, 1.165) is 22.3 Å². The molecule has 10 nitrogen and oxygen atoms in total. The second-order valence-electron chi connectivity index (χ2n) is 9.52. The second kappa shape index (κ2) is 9.23. The second-order valence-corrected chi connectivity index (χ2v) is 10.4. The fourth-order valence-corrected chi connectivity index (χ4v) is 5.93. The van der Waals surface area contributed by atoms with Crippen molar-refractivity contribution in [3.63, 3.8) is 0 Å². The van der Waals surface area contributed by atoms with Crippen molar-refractivity contribution in [2.24, 2.45) is 10.2 Å². The summed E-state index contributed by atoms with van der Waals surface area (Å²) in [7, 11) is 2.66. The number of nitrogens with zero attached hydrogens (tertiary/aromatic N) is 4. The van der Waals surface area contributed by atoms with E-state index in [1.54, 1.807) is 28.2 Å². The van der Waals surface area contributed by atoms with Crippen molar-refractivity contribution in [3.8, 4) is 0 Å². The molecule has 0 amide bonds. The van der Waals surface area contributed by atoms with Crippen LogP contribution in [0.1, 0.15) is 28.7 Å². The highest BCUT2D eigenvalue weighted by Gasteiger charge is 2.55. The number of esters is 2. The first-order valence-electron chi connectivity index (χ1n) is 12.0. The average molecular weight is 559 g/mol. The highest BCUT2D eigenvalue weighted by molar-refractivity contribution is 6.31. The fraction of sp³-hybridized carbons (Fsp3) is 0.385. The van der Waals surface area contributed by atoms with E-state index < -0.39 is 23.1 Å². The molecular formula is C26H24Cl2N4O6. The standard InChI is InChI=1S/C26H24Cl2N4O6/c1-35-23(33)25-8-7-15-9-17(27)3-5-19(15)21(25)29-31(13-37-25)12-32-14-38-26(24(34)36-2)11-16-10-18(28)4-6-20(16)22(26)30-32/h3-6,9-10H,7-8,11-14H2,1-2H3. The lowest BCUT2D eigenvalue weighted by Crippen LogP contribution is -2.59. The average Bonchev–Trinajstić information content (AvgIpc) is 3.25. The molecule has 6 rings (SSSR count). The molecule has 2 aliphatic carbocycles. The monoisotopic (exact) mass is 558 g/mol. The minimum atomic E-state index is -1.34. The number of hydrogen-bond donors (Lipinski definition) is 0. The normalized spacial score (nSPS) is 25.4. The predicted molar refractivity (Wildman–Crippen MR) is 138 cm³/mol. The summed E-state index contributed by atoms with van der Waals surface area (Å²) in [6, 6.07) is 10.9. The Hall–Kier alpha value is -3.18. The van der Waals surface area contributed by atoms with Gasteiger partial charge in [-0.05, 0) is 48.2 Å². The maximum atomic E-state index is 12.9. The van der Waals surface area contributed by atoms with Gasteiger partial charge < -0.3 is 18.9 Å². The third-order valence-corrected chi connectivity index (χ3v) is 7.83. The van der Waals surface area contributed by atoms with Crippen LogP contribution >= 0.6 is 23.2 Å². The molecule has 0 spiro atoms. The maximum Gasteiger partial charge on any atom is 0.345 e. The molecule has 12 heteroatoms. The molecular weight excluding hydrogens is 535 g/mol. The number of fused-ring (bicyclic) bond motifs is 6. The third-order valence-electron chi connectivity index (χ3n) is 7.36. The number of hydrogen-bond acceptors (Lipinski definition) is 10. The molecule has 0 radical (unpaired) electrons. The van der Waals surface area contributed by atoms with Crippen LogP contribution in [0, 0.1) is 0 Å². The summed E-state index contributed by atoms with van der Waals surface area (Å²) in [5.41, 5.74) is 1.65. The van der Waals surface area contributed by atoms with Crippen LogP contribution in [0.15, 0.2) is 46.6 Å². The van der Waals surface area contributed by atoms with Gasteiger partial charge >= 0.3 is 11.9 Å². The molecule has 0 fully saturated rings. The van der Waals surface area contributed by atoms with Gasteiger partial charge in [0.25, 0.3) is 0 Å². The molecule has 198 valence electrons. The topological polar surface area (TPSA) is 102 Å². The first kappa shape index (κ1) is 25.1. The maximum absolute atomic E-state index is 12.9. The Labute approximate surface area is 228 Å². The lowest BCUT2D eigenvalue weighted by Gasteiger charge is -2.43. The minimum Gasteiger partial charge on any atom is -0.467 e. The van der Waals surface area contributed by atoms with E-state index >= 15 is 0 Å². The van der Waals surface area contributed by atoms with Crippen molar-refractivity contribution >= 4 is 46.6 Å². The van der Waals surface area contributed by atoms with E-state index in [1.165, 1.54) is 14.2 Å². The summed E-state index contributed by atoms with van der Waals surface area (Å²) in [6.45, 7) is 0.209. The number of methoxy groups -OCH3 is 2. The lowest BCUT2D eigenvalue weighted by atomic mass is 9.78. The molecule has 2 aliphatic heterocycles. The van der Waals surface area contributed by atoms with Crippen molar-refractivity contribution in [2.75, 3.05) is 34.3 Å². The third kappa shape index (κ3) is 3.78. The zero-order valence-electron chi connectivity index (χ0n) is 20.7. The van der Waals surface area contributed by atoms with Gasteiger partial charge in [-0.25, -0.2) is 19.6 Å². The van der Waals surface area contributed by atoms with E-state index in [9.17, 15) is 9.59 Å². The van der Waals surface area contributed by atoms with Crippen LogP contribution in [0.2, 0.25) is 10.0 Å². The van der Waals surface area contributed by atoms with Crippen molar-refractivity contribution in [1.82, 2.24) is 10.0 Å². The van der Waals surface area contributed by atoms with Gasteiger partial charge in [-0.3, -0.25) is 0 Å². The molecule has 2 aromatic rings. The first-order chi connectivity index (χ1) is 18.3. The van der Waals surface area contributed by atoms with E-state index in [-0.39, 0.29) is 26.6 Å². The van der Waals surface area contributed by atoms with Gasteiger partial charge in [0.2, 0.25) is 11.2 Å². The minimum absolute atomic E-state index is 0.00993. The molecule has 2 heterocycles. The van der Waals surface area contributed by atoms with Crippen molar-refractivity contribution in [2.45, 2.75) is 30.5 Å². The van der Waals surface area contributed by atoms with Gasteiger partial charge in [0.1, 0.15) is 31.6 Å². The van der Waals surface area contributed by atoms with Crippen LogP contribution in [0.4, 0.5) is 0 Å². The van der Waals surface area contributed by atoms with Crippen LogP contribution in [-0.4, -0.2) is 78.9 Å². The smallest absolute Gasteiger partial charge is 0.345 e. The summed E-state index contributed by atoms with van der Waals surface area (Å²) in [4.78, 5) is 25.8. The fourth-order valence-electron chi connectivity index (χ4n) is 5.54. The molecule has 0 saturated carbocycles. The Kier molecular flexibility index (Phi) is 6.10. The molecule has 38 heavy (non-hydrogen) atoms. The Morgan fingerprint density at radius 3 is 2.03 bits per heavy atom. The zero-order chi connectivity index (χ0) is 26.7. The summed E-state index contributed by atoms with van der Waals surface area (Å²) in [5.74, 6) is -1.02. The summed E-state index contributed by atoms with van der Waals surface area (Å²) >= 11 is 12.4. The molecule has 0 N–H and O–H groups in total. The van der Waals surface area contributed by atoms with Gasteiger partial charge in [0.15, 0.2) is 0 Å². The number of hydrazone groups is 2. The van der Waals surface area contributed by atoms with E-state index in [0.29, 0.717) is 34.3 Å². The van der Waals surface area contributed by atoms with Crippen LogP contribution in [0.25, 0.3) is 0 Å². The van der Waals surface area contributed by atoms with Crippen LogP contribution < -0.4 is 0 Å². The van der Waals surface area contributed by atoms with Gasteiger partial charge in [0.05, 0.1) is 14.2 Å². The largest absolute Gasteiger partial charge is 0.467 e. The van der Waals surface area contributed by atoms with E-state index in [2.05, 4.69) is 0 Å². The highest BCUT2D eigenvalue weighted by Crippen LogP contribution is 2.40.